The van der Waals surface area contributed by atoms with Crippen LogP contribution in [-0.2, 0) is 4.79 Å². The number of piperidine rings is 1. The average Bonchev–Trinajstić information content (AvgIpc) is 2.52. The van der Waals surface area contributed by atoms with Gasteiger partial charge in [-0.2, -0.15) is 0 Å². The first kappa shape index (κ1) is 17.9. The van der Waals surface area contributed by atoms with E-state index in [-0.39, 0.29) is 11.2 Å². The van der Waals surface area contributed by atoms with Gasteiger partial charge in [0, 0.05) is 16.5 Å². The van der Waals surface area contributed by atoms with Gasteiger partial charge < -0.3 is 10.6 Å². The van der Waals surface area contributed by atoms with E-state index in [1.807, 2.05) is 6.92 Å². The molecule has 0 aromatic heterocycles. The third kappa shape index (κ3) is 5.65. The van der Waals surface area contributed by atoms with Gasteiger partial charge >= 0.3 is 0 Å². The third-order valence-corrected chi connectivity index (χ3v) is 5.65. The number of halogens is 2. The molecular formula is C16H22Cl2N2OS. The lowest BCUT2D eigenvalue weighted by molar-refractivity contribution is -0.120. The van der Waals surface area contributed by atoms with Crippen LogP contribution in [0.1, 0.15) is 26.2 Å². The van der Waals surface area contributed by atoms with Crippen LogP contribution in [0.3, 0.4) is 0 Å². The summed E-state index contributed by atoms with van der Waals surface area (Å²) in [7, 11) is 0. The minimum atomic E-state index is -0.194. The van der Waals surface area contributed by atoms with Gasteiger partial charge in [-0.05, 0) is 63.4 Å². The van der Waals surface area contributed by atoms with Gasteiger partial charge in [0.1, 0.15) is 0 Å². The molecule has 2 atom stereocenters. The number of amides is 1. The molecule has 22 heavy (non-hydrogen) atoms. The molecule has 1 saturated heterocycles. The summed E-state index contributed by atoms with van der Waals surface area (Å²) in [6.07, 6.45) is 3.53. The maximum Gasteiger partial charge on any atom is 0.233 e. The van der Waals surface area contributed by atoms with Crippen LogP contribution in [-0.4, -0.2) is 30.8 Å². The van der Waals surface area contributed by atoms with Gasteiger partial charge in [-0.25, -0.2) is 0 Å². The van der Waals surface area contributed by atoms with Gasteiger partial charge in [-0.15, -0.1) is 11.8 Å². The van der Waals surface area contributed by atoms with Gasteiger partial charge in [-0.3, -0.25) is 4.79 Å². The third-order valence-electron chi connectivity index (χ3n) is 3.82. The van der Waals surface area contributed by atoms with Crippen molar-refractivity contribution in [3.8, 4) is 0 Å². The molecule has 1 aromatic rings. The molecule has 0 spiro atoms. The van der Waals surface area contributed by atoms with E-state index < -0.39 is 0 Å². The molecule has 3 nitrogen and oxygen atoms in total. The Kier molecular flexibility index (Phi) is 7.35. The molecule has 1 heterocycles. The monoisotopic (exact) mass is 360 g/mol. The van der Waals surface area contributed by atoms with Crippen LogP contribution in [0.25, 0.3) is 0 Å². The summed E-state index contributed by atoms with van der Waals surface area (Å²) in [6.45, 7) is 4.81. The van der Waals surface area contributed by atoms with Gasteiger partial charge in [-0.1, -0.05) is 23.2 Å². The molecule has 122 valence electrons. The molecule has 1 amide bonds. The zero-order valence-electron chi connectivity index (χ0n) is 12.7. The zero-order valence-corrected chi connectivity index (χ0v) is 15.0. The number of hydrogen-bond donors (Lipinski definition) is 2. The molecule has 1 aliphatic rings. The van der Waals surface area contributed by atoms with Crippen molar-refractivity contribution in [2.45, 2.75) is 36.3 Å². The van der Waals surface area contributed by atoms with E-state index in [1.54, 1.807) is 18.2 Å². The highest BCUT2D eigenvalue weighted by atomic mass is 35.5. The highest BCUT2D eigenvalue weighted by Gasteiger charge is 2.17. The van der Waals surface area contributed by atoms with E-state index in [0.29, 0.717) is 16.0 Å². The largest absolute Gasteiger partial charge is 0.355 e. The second kappa shape index (κ2) is 9.02. The van der Waals surface area contributed by atoms with Crippen LogP contribution in [0.5, 0.6) is 0 Å². The second-order valence-corrected chi connectivity index (χ2v) is 7.85. The quantitative estimate of drug-likeness (QED) is 0.753. The van der Waals surface area contributed by atoms with E-state index in [2.05, 4.69) is 10.6 Å². The fourth-order valence-corrected chi connectivity index (χ4v) is 3.96. The van der Waals surface area contributed by atoms with Crippen LogP contribution in [0, 0.1) is 5.92 Å². The fourth-order valence-electron chi connectivity index (χ4n) is 2.53. The zero-order chi connectivity index (χ0) is 15.9. The minimum Gasteiger partial charge on any atom is -0.355 e. The molecule has 2 rings (SSSR count). The standard InChI is InChI=1S/C16H22Cl2N2OS/c1-11(22-15-9-13(17)4-5-14(15)18)16(21)20-8-6-12-3-2-7-19-10-12/h4-5,9,11-12,19H,2-3,6-8,10H2,1H3,(H,20,21). The SMILES string of the molecule is CC(Sc1cc(Cl)ccc1Cl)C(=O)NCCC1CCCNC1. The summed E-state index contributed by atoms with van der Waals surface area (Å²) in [4.78, 5) is 13.0. The summed E-state index contributed by atoms with van der Waals surface area (Å²) in [5.41, 5.74) is 0. The molecule has 1 fully saturated rings. The van der Waals surface area contributed by atoms with Gasteiger partial charge in [0.05, 0.1) is 10.3 Å². The summed E-state index contributed by atoms with van der Waals surface area (Å²) in [6, 6.07) is 5.30. The van der Waals surface area contributed by atoms with E-state index in [9.17, 15) is 4.79 Å². The molecule has 0 saturated carbocycles. The number of carbonyl (C=O) groups is 1. The number of benzene rings is 1. The molecule has 2 unspecified atom stereocenters. The number of thioether (sulfide) groups is 1. The maximum absolute atomic E-state index is 12.2. The first-order chi connectivity index (χ1) is 10.6. The van der Waals surface area contributed by atoms with Crippen molar-refractivity contribution in [2.75, 3.05) is 19.6 Å². The minimum absolute atomic E-state index is 0.0461. The summed E-state index contributed by atoms with van der Waals surface area (Å²) >= 11 is 13.5. The Morgan fingerprint density at radius 3 is 3.05 bits per heavy atom. The van der Waals surface area contributed by atoms with Crippen molar-refractivity contribution < 1.29 is 4.79 Å². The molecule has 1 aromatic carbocycles. The molecule has 0 aliphatic carbocycles. The van der Waals surface area contributed by atoms with Gasteiger partial charge in [0.2, 0.25) is 5.91 Å². The average molecular weight is 361 g/mol. The van der Waals surface area contributed by atoms with E-state index in [0.717, 1.165) is 31.0 Å². The Bertz CT molecular complexity index is 507. The van der Waals surface area contributed by atoms with E-state index in [4.69, 9.17) is 23.2 Å². The molecule has 1 aliphatic heterocycles. The van der Waals surface area contributed by atoms with E-state index >= 15 is 0 Å². The molecule has 6 heteroatoms. The Hall–Kier alpha value is -0.420. The normalized spacial score (nSPS) is 19.7. The van der Waals surface area contributed by atoms with Crippen molar-refractivity contribution in [3.63, 3.8) is 0 Å². The Morgan fingerprint density at radius 2 is 2.32 bits per heavy atom. The highest BCUT2D eigenvalue weighted by molar-refractivity contribution is 8.00. The molecule has 0 bridgehead atoms. The lowest BCUT2D eigenvalue weighted by Crippen LogP contribution is -2.35. The molecular weight excluding hydrogens is 339 g/mol. The molecule has 2 N–H and O–H groups in total. The predicted molar refractivity (Wildman–Crippen MR) is 95.0 cm³/mol. The summed E-state index contributed by atoms with van der Waals surface area (Å²) < 4.78 is 0. The number of nitrogens with one attached hydrogen (secondary N) is 2. The second-order valence-electron chi connectivity index (χ2n) is 5.63. The van der Waals surface area contributed by atoms with Crippen LogP contribution in [0.15, 0.2) is 23.1 Å². The Labute approximate surface area is 146 Å². The number of carbonyl (C=O) groups excluding carboxylic acids is 1. The number of hydrogen-bond acceptors (Lipinski definition) is 3. The number of rotatable bonds is 6. The maximum atomic E-state index is 12.2. The predicted octanol–water partition coefficient (Wildman–Crippen LogP) is 3.98. The Morgan fingerprint density at radius 1 is 1.50 bits per heavy atom. The van der Waals surface area contributed by atoms with Crippen molar-refractivity contribution in [3.05, 3.63) is 28.2 Å². The lowest BCUT2D eigenvalue weighted by Gasteiger charge is -2.23. The van der Waals surface area contributed by atoms with E-state index in [1.165, 1.54) is 24.6 Å². The molecule has 0 radical (unpaired) electrons. The smallest absolute Gasteiger partial charge is 0.233 e. The summed E-state index contributed by atoms with van der Waals surface area (Å²) in [5, 5.41) is 7.48. The Balaban J connectivity index is 1.75. The van der Waals surface area contributed by atoms with Crippen LogP contribution >= 0.6 is 35.0 Å². The van der Waals surface area contributed by atoms with Crippen molar-refractivity contribution >= 4 is 40.9 Å². The van der Waals surface area contributed by atoms with Crippen molar-refractivity contribution in [2.24, 2.45) is 5.92 Å². The summed E-state index contributed by atoms with van der Waals surface area (Å²) in [5.74, 6) is 0.726. The van der Waals surface area contributed by atoms with Crippen LogP contribution < -0.4 is 10.6 Å². The van der Waals surface area contributed by atoms with Crippen LogP contribution in [0.4, 0.5) is 0 Å². The van der Waals surface area contributed by atoms with Crippen molar-refractivity contribution in [1.29, 1.82) is 0 Å². The fraction of sp³-hybridized carbons (Fsp3) is 0.562. The van der Waals surface area contributed by atoms with Crippen LogP contribution in [0.2, 0.25) is 10.0 Å². The first-order valence-corrected chi connectivity index (χ1v) is 9.30. The van der Waals surface area contributed by atoms with Crippen molar-refractivity contribution in [1.82, 2.24) is 10.6 Å². The first-order valence-electron chi connectivity index (χ1n) is 7.66. The lowest BCUT2D eigenvalue weighted by atomic mass is 9.96. The van der Waals surface area contributed by atoms with Gasteiger partial charge in [0.15, 0.2) is 0 Å². The highest BCUT2D eigenvalue weighted by Crippen LogP contribution is 2.32. The van der Waals surface area contributed by atoms with Gasteiger partial charge in [0.25, 0.3) is 0 Å². The topological polar surface area (TPSA) is 41.1 Å².